The van der Waals surface area contributed by atoms with Gasteiger partial charge in [0.2, 0.25) is 0 Å². The lowest BCUT2D eigenvalue weighted by Crippen LogP contribution is -2.32. The summed E-state index contributed by atoms with van der Waals surface area (Å²) in [6, 6.07) is 9.52. The fourth-order valence-corrected chi connectivity index (χ4v) is 3.08. The number of aromatic amines is 1. The fourth-order valence-electron chi connectivity index (χ4n) is 3.08. The second kappa shape index (κ2) is 10.0. The van der Waals surface area contributed by atoms with E-state index in [1.807, 2.05) is 31.2 Å². The number of nitrogens with one attached hydrogen (secondary N) is 2. The lowest BCUT2D eigenvalue weighted by Gasteiger charge is -2.14. The van der Waals surface area contributed by atoms with Crippen molar-refractivity contribution in [1.29, 1.82) is 0 Å². The topological polar surface area (TPSA) is 96.5 Å². The highest BCUT2D eigenvalue weighted by atomic mass is 16.5. The van der Waals surface area contributed by atoms with Crippen LogP contribution in [0.25, 0.3) is 10.9 Å². The molecule has 0 aliphatic rings. The van der Waals surface area contributed by atoms with Crippen LogP contribution in [0.2, 0.25) is 0 Å². The third-order valence-corrected chi connectivity index (χ3v) is 4.49. The van der Waals surface area contributed by atoms with Gasteiger partial charge in [-0.3, -0.25) is 4.98 Å². The number of hydrogen-bond donors (Lipinski definition) is 3. The number of H-pyrrole nitrogens is 1. The number of aryl methyl sites for hydroxylation is 1. The number of aliphatic hydroxyl groups excluding tert-OH is 1. The van der Waals surface area contributed by atoms with E-state index in [-0.39, 0.29) is 6.61 Å². The maximum Gasteiger partial charge on any atom is 0.354 e. The molecule has 0 fully saturated rings. The molecule has 3 rings (SSSR count). The Labute approximate surface area is 170 Å². The summed E-state index contributed by atoms with van der Waals surface area (Å²) in [7, 11) is 0. The van der Waals surface area contributed by atoms with E-state index < -0.39 is 12.1 Å². The van der Waals surface area contributed by atoms with Crippen molar-refractivity contribution in [2.75, 3.05) is 26.3 Å². The Morgan fingerprint density at radius 2 is 2.07 bits per heavy atom. The van der Waals surface area contributed by atoms with Gasteiger partial charge in [0.1, 0.15) is 24.2 Å². The Morgan fingerprint density at radius 1 is 1.28 bits per heavy atom. The first-order chi connectivity index (χ1) is 14.1. The quantitative estimate of drug-likeness (QED) is 0.359. The van der Waals surface area contributed by atoms with Crippen molar-refractivity contribution in [3.8, 4) is 5.75 Å². The lowest BCUT2D eigenvalue weighted by atomic mass is 10.1. The average molecular weight is 397 g/mol. The minimum atomic E-state index is -0.647. The summed E-state index contributed by atoms with van der Waals surface area (Å²) in [5, 5.41) is 14.3. The molecule has 7 heteroatoms. The molecule has 0 aliphatic heterocycles. The minimum Gasteiger partial charge on any atom is -0.490 e. The van der Waals surface area contributed by atoms with E-state index in [2.05, 4.69) is 15.3 Å². The molecule has 0 bridgehead atoms. The summed E-state index contributed by atoms with van der Waals surface area (Å²) in [4.78, 5) is 19.1. The molecule has 1 unspecified atom stereocenters. The van der Waals surface area contributed by atoms with E-state index in [1.165, 1.54) is 5.56 Å². The van der Waals surface area contributed by atoms with Crippen LogP contribution in [0.4, 0.5) is 0 Å². The van der Waals surface area contributed by atoms with Crippen LogP contribution in [-0.4, -0.2) is 53.5 Å². The Bertz CT molecular complexity index is 940. The first kappa shape index (κ1) is 20.8. The van der Waals surface area contributed by atoms with Crippen molar-refractivity contribution in [2.45, 2.75) is 26.4 Å². The second-order valence-corrected chi connectivity index (χ2v) is 6.90. The smallest absolute Gasteiger partial charge is 0.354 e. The molecule has 1 atom stereocenters. The normalized spacial score (nSPS) is 12.1. The number of fused-ring (bicyclic) bond motifs is 1. The van der Waals surface area contributed by atoms with Gasteiger partial charge in [-0.2, -0.15) is 0 Å². The molecule has 0 aliphatic carbocycles. The molecule has 2 aromatic heterocycles. The molecule has 0 spiro atoms. The third kappa shape index (κ3) is 5.79. The van der Waals surface area contributed by atoms with Crippen LogP contribution in [-0.2, 0) is 11.2 Å². The zero-order chi connectivity index (χ0) is 20.6. The maximum absolute atomic E-state index is 12.0. The summed E-state index contributed by atoms with van der Waals surface area (Å²) in [5.74, 6) is 0.230. The number of nitrogens with zero attached hydrogens (tertiary/aromatic N) is 1. The van der Waals surface area contributed by atoms with Crippen LogP contribution in [0.5, 0.6) is 5.75 Å². The molecule has 0 radical (unpaired) electrons. The number of carbonyl (C=O) groups is 1. The number of esters is 1. The Morgan fingerprint density at radius 3 is 2.83 bits per heavy atom. The molecule has 2 heterocycles. The zero-order valence-electron chi connectivity index (χ0n) is 16.8. The first-order valence-electron chi connectivity index (χ1n) is 9.77. The van der Waals surface area contributed by atoms with Gasteiger partial charge in [-0.05, 0) is 68.3 Å². The fraction of sp³-hybridized carbons (Fsp3) is 0.364. The van der Waals surface area contributed by atoms with Crippen LogP contribution in [0.1, 0.15) is 28.5 Å². The number of ether oxygens (including phenoxy) is 2. The van der Waals surface area contributed by atoms with Crippen molar-refractivity contribution in [3.63, 3.8) is 0 Å². The van der Waals surface area contributed by atoms with E-state index in [0.717, 1.165) is 29.4 Å². The third-order valence-electron chi connectivity index (χ3n) is 4.49. The van der Waals surface area contributed by atoms with Gasteiger partial charge in [0, 0.05) is 24.3 Å². The Balaban J connectivity index is 1.54. The number of pyridine rings is 1. The zero-order valence-corrected chi connectivity index (χ0v) is 16.8. The molecule has 0 amide bonds. The summed E-state index contributed by atoms with van der Waals surface area (Å²) < 4.78 is 10.9. The van der Waals surface area contributed by atoms with Gasteiger partial charge < -0.3 is 24.9 Å². The molecule has 7 nitrogen and oxygen atoms in total. The standard InChI is InChI=1S/C22H27N3O4/c1-3-28-22(27)20-12-18-19(25-20)10-15(2)11-21(18)29-14-17(26)13-24-9-6-16-4-7-23-8-5-16/h4-5,7-8,10-12,17,24-26H,3,6,9,13-14H2,1-2H3. The monoisotopic (exact) mass is 397 g/mol. The molecule has 154 valence electrons. The van der Waals surface area contributed by atoms with E-state index in [0.29, 0.717) is 24.6 Å². The van der Waals surface area contributed by atoms with Crippen LogP contribution in [0, 0.1) is 6.92 Å². The van der Waals surface area contributed by atoms with E-state index >= 15 is 0 Å². The van der Waals surface area contributed by atoms with Crippen LogP contribution in [0.3, 0.4) is 0 Å². The van der Waals surface area contributed by atoms with Crippen LogP contribution >= 0.6 is 0 Å². The SMILES string of the molecule is CCOC(=O)c1cc2c(OCC(O)CNCCc3ccncc3)cc(C)cc2[nH]1. The number of benzene rings is 1. The Hall–Kier alpha value is -2.90. The minimum absolute atomic E-state index is 0.154. The van der Waals surface area contributed by atoms with Crippen molar-refractivity contribution in [2.24, 2.45) is 0 Å². The number of hydrogen-bond acceptors (Lipinski definition) is 6. The van der Waals surface area contributed by atoms with Crippen molar-refractivity contribution < 1.29 is 19.4 Å². The highest BCUT2D eigenvalue weighted by molar-refractivity contribution is 5.97. The van der Waals surface area contributed by atoms with Gasteiger partial charge in [0.05, 0.1) is 12.1 Å². The molecular formula is C22H27N3O4. The highest BCUT2D eigenvalue weighted by Gasteiger charge is 2.15. The van der Waals surface area contributed by atoms with Gasteiger partial charge in [-0.15, -0.1) is 0 Å². The molecule has 0 saturated carbocycles. The summed E-state index contributed by atoms with van der Waals surface area (Å²) >= 11 is 0. The lowest BCUT2D eigenvalue weighted by molar-refractivity contribution is 0.0520. The van der Waals surface area contributed by atoms with Crippen molar-refractivity contribution in [3.05, 3.63) is 59.5 Å². The van der Waals surface area contributed by atoms with E-state index in [1.54, 1.807) is 25.4 Å². The maximum atomic E-state index is 12.0. The largest absolute Gasteiger partial charge is 0.490 e. The molecular weight excluding hydrogens is 370 g/mol. The van der Waals surface area contributed by atoms with Gasteiger partial charge in [0.15, 0.2) is 0 Å². The van der Waals surface area contributed by atoms with E-state index in [4.69, 9.17) is 9.47 Å². The van der Waals surface area contributed by atoms with Crippen LogP contribution in [0.15, 0.2) is 42.7 Å². The molecule has 3 N–H and O–H groups in total. The summed E-state index contributed by atoms with van der Waals surface area (Å²) in [6.07, 6.45) is 3.77. The number of aromatic nitrogens is 2. The van der Waals surface area contributed by atoms with Crippen LogP contribution < -0.4 is 10.1 Å². The van der Waals surface area contributed by atoms with Gasteiger partial charge >= 0.3 is 5.97 Å². The average Bonchev–Trinajstić information content (AvgIpc) is 3.14. The van der Waals surface area contributed by atoms with Crippen molar-refractivity contribution in [1.82, 2.24) is 15.3 Å². The molecule has 3 aromatic rings. The second-order valence-electron chi connectivity index (χ2n) is 6.90. The first-order valence-corrected chi connectivity index (χ1v) is 9.77. The molecule has 29 heavy (non-hydrogen) atoms. The van der Waals surface area contributed by atoms with Gasteiger partial charge in [-0.1, -0.05) is 0 Å². The predicted octanol–water partition coefficient (Wildman–Crippen LogP) is 2.62. The number of aliphatic hydroxyl groups is 1. The Kier molecular flexibility index (Phi) is 7.21. The summed E-state index contributed by atoms with van der Waals surface area (Å²) in [5.41, 5.74) is 3.38. The molecule has 1 aromatic carbocycles. The highest BCUT2D eigenvalue weighted by Crippen LogP contribution is 2.28. The van der Waals surface area contributed by atoms with Gasteiger partial charge in [-0.25, -0.2) is 4.79 Å². The summed E-state index contributed by atoms with van der Waals surface area (Å²) in [6.45, 7) is 5.38. The van der Waals surface area contributed by atoms with Gasteiger partial charge in [0.25, 0.3) is 0 Å². The number of rotatable bonds is 10. The molecule has 0 saturated heterocycles. The van der Waals surface area contributed by atoms with E-state index in [9.17, 15) is 9.90 Å². The predicted molar refractivity (Wildman–Crippen MR) is 111 cm³/mol. The van der Waals surface area contributed by atoms with Crippen molar-refractivity contribution >= 4 is 16.9 Å². The number of carbonyl (C=O) groups excluding carboxylic acids is 1.